The van der Waals surface area contributed by atoms with E-state index in [-0.39, 0.29) is 6.04 Å². The summed E-state index contributed by atoms with van der Waals surface area (Å²) in [5.41, 5.74) is 12.2. The normalized spacial score (nSPS) is 21.3. The first kappa shape index (κ1) is 19.8. The molecule has 1 unspecified atom stereocenters. The van der Waals surface area contributed by atoms with Crippen LogP contribution in [0.5, 0.6) is 0 Å². The predicted molar refractivity (Wildman–Crippen MR) is 119 cm³/mol. The third kappa shape index (κ3) is 3.39. The Hall–Kier alpha value is -3.19. The lowest BCUT2D eigenvalue weighted by Crippen LogP contribution is -2.41. The summed E-state index contributed by atoms with van der Waals surface area (Å²) >= 11 is 0. The molecule has 5 rings (SSSR count). The summed E-state index contributed by atoms with van der Waals surface area (Å²) in [5, 5.41) is 1.75. The Morgan fingerprint density at radius 3 is 2.90 bits per heavy atom. The summed E-state index contributed by atoms with van der Waals surface area (Å²) in [4.78, 5) is 26.6. The molecule has 0 saturated heterocycles. The van der Waals surface area contributed by atoms with E-state index in [1.807, 2.05) is 12.5 Å². The molecular formula is C24H27N5O2. The van der Waals surface area contributed by atoms with Crippen LogP contribution in [0.2, 0.25) is 0 Å². The molecule has 3 heterocycles. The standard InChI is InChI=1S/C24H27N5O2/c1-15(2)28-14-27-24-22(28)19(9-11-26-24)17-7-8-18-16(13-17)5-3-4-6-20(18)29-21(23(25)30)10-12-31-29/h7-15,20-21H,3-6H2,1-2H3,(H2,25,30)/t20-,21?/m1/s1. The maximum Gasteiger partial charge on any atom is 0.242 e. The van der Waals surface area contributed by atoms with Crippen LogP contribution in [0.1, 0.15) is 56.3 Å². The van der Waals surface area contributed by atoms with Gasteiger partial charge < -0.3 is 15.1 Å². The average molecular weight is 418 g/mol. The van der Waals surface area contributed by atoms with Crippen molar-refractivity contribution in [3.8, 4) is 11.1 Å². The van der Waals surface area contributed by atoms with Crippen LogP contribution in [0, 0.1) is 0 Å². The molecule has 1 amide bonds. The number of hydrogen-bond acceptors (Lipinski definition) is 5. The molecule has 0 bridgehead atoms. The number of aromatic nitrogens is 3. The number of carbonyl (C=O) groups is 1. The number of nitrogens with two attached hydrogens (primary N) is 1. The van der Waals surface area contributed by atoms with Gasteiger partial charge in [-0.1, -0.05) is 24.6 Å². The topological polar surface area (TPSA) is 86.3 Å². The van der Waals surface area contributed by atoms with Gasteiger partial charge in [0.05, 0.1) is 17.9 Å². The van der Waals surface area contributed by atoms with Crippen molar-refractivity contribution in [2.45, 2.75) is 57.7 Å². The second-order valence-electron chi connectivity index (χ2n) is 8.59. The van der Waals surface area contributed by atoms with E-state index in [1.165, 1.54) is 11.1 Å². The molecule has 7 heteroatoms. The number of nitrogens with zero attached hydrogens (tertiary/aromatic N) is 4. The Balaban J connectivity index is 1.58. The van der Waals surface area contributed by atoms with Crippen molar-refractivity contribution in [2.24, 2.45) is 5.73 Å². The second-order valence-corrected chi connectivity index (χ2v) is 8.59. The molecule has 0 radical (unpaired) electrons. The molecule has 31 heavy (non-hydrogen) atoms. The van der Waals surface area contributed by atoms with Gasteiger partial charge in [0.25, 0.3) is 0 Å². The number of amides is 1. The molecule has 0 saturated carbocycles. The van der Waals surface area contributed by atoms with E-state index in [0.29, 0.717) is 6.04 Å². The minimum absolute atomic E-state index is 0.00213. The zero-order valence-electron chi connectivity index (χ0n) is 17.9. The highest BCUT2D eigenvalue weighted by Gasteiger charge is 2.36. The maximum absolute atomic E-state index is 11.9. The third-order valence-electron chi connectivity index (χ3n) is 6.33. The van der Waals surface area contributed by atoms with Crippen LogP contribution < -0.4 is 5.73 Å². The number of imidazole rings is 1. The van der Waals surface area contributed by atoms with Crippen molar-refractivity contribution in [3.63, 3.8) is 0 Å². The van der Waals surface area contributed by atoms with E-state index in [0.717, 1.165) is 48.0 Å². The summed E-state index contributed by atoms with van der Waals surface area (Å²) in [5.74, 6) is -0.391. The lowest BCUT2D eigenvalue weighted by atomic mass is 9.93. The highest BCUT2D eigenvalue weighted by molar-refractivity contribution is 5.90. The molecule has 2 N–H and O–H groups in total. The molecule has 2 atom stereocenters. The molecule has 3 aromatic rings. The van der Waals surface area contributed by atoms with Gasteiger partial charge in [-0.15, -0.1) is 5.06 Å². The summed E-state index contributed by atoms with van der Waals surface area (Å²) in [6.45, 7) is 4.30. The number of aryl methyl sites for hydroxylation is 1. The van der Waals surface area contributed by atoms with Crippen LogP contribution >= 0.6 is 0 Å². The Bertz CT molecular complexity index is 1170. The highest BCUT2D eigenvalue weighted by atomic mass is 16.7. The fourth-order valence-corrected chi connectivity index (χ4v) is 4.80. The molecular weight excluding hydrogens is 390 g/mol. The lowest BCUT2D eigenvalue weighted by molar-refractivity contribution is -0.157. The van der Waals surface area contributed by atoms with E-state index >= 15 is 0 Å². The summed E-state index contributed by atoms with van der Waals surface area (Å²) in [6, 6.07) is 8.45. The van der Waals surface area contributed by atoms with Crippen LogP contribution in [0.25, 0.3) is 22.3 Å². The largest absolute Gasteiger partial charge is 0.412 e. The number of hydroxylamine groups is 2. The van der Waals surface area contributed by atoms with E-state index < -0.39 is 11.9 Å². The fraction of sp³-hybridized carbons (Fsp3) is 0.375. The number of rotatable bonds is 4. The molecule has 1 aliphatic carbocycles. The zero-order chi connectivity index (χ0) is 21.5. The van der Waals surface area contributed by atoms with Gasteiger partial charge in [0, 0.05) is 17.8 Å². The van der Waals surface area contributed by atoms with Crippen LogP contribution in [-0.2, 0) is 16.1 Å². The predicted octanol–water partition coefficient (Wildman–Crippen LogP) is 4.06. The van der Waals surface area contributed by atoms with Crippen LogP contribution in [0.15, 0.2) is 49.1 Å². The summed E-state index contributed by atoms with van der Waals surface area (Å²) < 4.78 is 2.17. The van der Waals surface area contributed by atoms with Crippen LogP contribution in [0.4, 0.5) is 0 Å². The van der Waals surface area contributed by atoms with Crippen LogP contribution in [-0.4, -0.2) is 31.5 Å². The smallest absolute Gasteiger partial charge is 0.242 e. The highest BCUT2D eigenvalue weighted by Crippen LogP contribution is 2.39. The minimum Gasteiger partial charge on any atom is -0.412 e. The first-order valence-electron chi connectivity index (χ1n) is 10.9. The Morgan fingerprint density at radius 1 is 1.23 bits per heavy atom. The average Bonchev–Trinajstić information content (AvgIpc) is 3.36. The third-order valence-corrected chi connectivity index (χ3v) is 6.33. The summed E-state index contributed by atoms with van der Waals surface area (Å²) in [7, 11) is 0. The maximum atomic E-state index is 11.9. The Kier molecular flexibility index (Phi) is 4.98. The quantitative estimate of drug-likeness (QED) is 0.647. The van der Waals surface area contributed by atoms with E-state index in [4.69, 9.17) is 10.6 Å². The van der Waals surface area contributed by atoms with Gasteiger partial charge in [0.1, 0.15) is 12.3 Å². The molecule has 2 aromatic heterocycles. The number of fused-ring (bicyclic) bond motifs is 2. The minimum atomic E-state index is -0.532. The van der Waals surface area contributed by atoms with Crippen molar-refractivity contribution in [1.29, 1.82) is 0 Å². The van der Waals surface area contributed by atoms with Crippen molar-refractivity contribution in [2.75, 3.05) is 0 Å². The molecule has 2 aliphatic rings. The van der Waals surface area contributed by atoms with Crippen molar-refractivity contribution in [3.05, 3.63) is 60.3 Å². The van der Waals surface area contributed by atoms with Gasteiger partial charge in [-0.2, -0.15) is 0 Å². The van der Waals surface area contributed by atoms with Crippen molar-refractivity contribution >= 4 is 17.1 Å². The molecule has 0 spiro atoms. The molecule has 160 valence electrons. The van der Waals surface area contributed by atoms with Gasteiger partial charge >= 0.3 is 0 Å². The zero-order valence-corrected chi connectivity index (χ0v) is 17.9. The lowest BCUT2D eigenvalue weighted by Gasteiger charge is -2.30. The van der Waals surface area contributed by atoms with E-state index in [2.05, 4.69) is 52.6 Å². The van der Waals surface area contributed by atoms with Gasteiger partial charge in [0.15, 0.2) is 5.65 Å². The molecule has 7 nitrogen and oxygen atoms in total. The number of benzene rings is 1. The monoisotopic (exact) mass is 417 g/mol. The number of primary amides is 1. The SMILES string of the molecule is CC(C)n1cnc2nccc(-c3ccc4c(c3)CCCC[C@H]4N3OC=CC3C(N)=O)c21. The van der Waals surface area contributed by atoms with Crippen LogP contribution in [0.3, 0.4) is 0 Å². The first-order valence-corrected chi connectivity index (χ1v) is 10.9. The van der Waals surface area contributed by atoms with E-state index in [1.54, 1.807) is 17.4 Å². The van der Waals surface area contributed by atoms with Gasteiger partial charge in [0.2, 0.25) is 5.91 Å². The summed E-state index contributed by atoms with van der Waals surface area (Å²) in [6.07, 6.45) is 11.1. The van der Waals surface area contributed by atoms with Gasteiger partial charge in [-0.05, 0) is 61.9 Å². The fourth-order valence-electron chi connectivity index (χ4n) is 4.80. The van der Waals surface area contributed by atoms with Crippen molar-refractivity contribution < 1.29 is 9.63 Å². The molecule has 1 aliphatic heterocycles. The Morgan fingerprint density at radius 2 is 2.10 bits per heavy atom. The number of carbonyl (C=O) groups excluding carboxylic acids is 1. The molecule has 1 aromatic carbocycles. The second kappa shape index (κ2) is 7.81. The van der Waals surface area contributed by atoms with Gasteiger partial charge in [-0.3, -0.25) is 4.79 Å². The molecule has 0 fully saturated rings. The first-order chi connectivity index (χ1) is 15.0. The number of hydrogen-bond donors (Lipinski definition) is 1. The van der Waals surface area contributed by atoms with Crippen molar-refractivity contribution in [1.82, 2.24) is 19.6 Å². The Labute approximate surface area is 181 Å². The number of pyridine rings is 1. The van der Waals surface area contributed by atoms with Gasteiger partial charge in [-0.25, -0.2) is 9.97 Å². The van der Waals surface area contributed by atoms with E-state index in [9.17, 15) is 4.79 Å².